The Labute approximate surface area is 132 Å². The maximum Gasteiger partial charge on any atom is -0.00806 e. The van der Waals surface area contributed by atoms with Crippen molar-refractivity contribution >= 4 is 0 Å². The van der Waals surface area contributed by atoms with Crippen molar-refractivity contribution in [3.63, 3.8) is 0 Å². The lowest BCUT2D eigenvalue weighted by atomic mass is 9.75. The first-order valence-corrected chi connectivity index (χ1v) is 8.93. The van der Waals surface area contributed by atoms with E-state index in [9.17, 15) is 0 Å². The molecule has 1 aliphatic rings. The molecule has 0 spiro atoms. The third-order valence-electron chi connectivity index (χ3n) is 5.66. The summed E-state index contributed by atoms with van der Waals surface area (Å²) in [5.41, 5.74) is 3.25. The fraction of sp³-hybridized carbons (Fsp3) is 0.667. The first kappa shape index (κ1) is 16.6. The van der Waals surface area contributed by atoms with E-state index in [0.29, 0.717) is 5.92 Å². The Morgan fingerprint density at radius 3 is 1.90 bits per heavy atom. The van der Waals surface area contributed by atoms with Crippen LogP contribution in [0.5, 0.6) is 0 Å². The molecule has 0 bridgehead atoms. The van der Waals surface area contributed by atoms with E-state index in [1.54, 1.807) is 5.92 Å². The van der Waals surface area contributed by atoms with E-state index in [2.05, 4.69) is 52.0 Å². The van der Waals surface area contributed by atoms with Crippen molar-refractivity contribution in [1.82, 2.24) is 0 Å². The maximum atomic E-state index is 2.37. The van der Waals surface area contributed by atoms with E-state index in [-0.39, 0.29) is 5.41 Å². The Kier molecular flexibility index (Phi) is 5.90. The minimum Gasteiger partial charge on any atom is -0.0619 e. The van der Waals surface area contributed by atoms with Gasteiger partial charge in [0.05, 0.1) is 0 Å². The zero-order valence-corrected chi connectivity index (χ0v) is 14.5. The number of benzene rings is 1. The summed E-state index contributed by atoms with van der Waals surface area (Å²) >= 11 is 0. The van der Waals surface area contributed by atoms with Crippen LogP contribution in [0.15, 0.2) is 24.3 Å². The predicted octanol–water partition coefficient (Wildman–Crippen LogP) is 6.48. The number of hydrogen-bond donors (Lipinski definition) is 0. The molecule has 0 unspecified atom stereocenters. The predicted molar refractivity (Wildman–Crippen MR) is 93.6 cm³/mol. The highest BCUT2D eigenvalue weighted by Gasteiger charge is 2.24. The molecule has 1 aromatic carbocycles. The molecular weight excluding hydrogens is 252 g/mol. The highest BCUT2D eigenvalue weighted by Crippen LogP contribution is 2.32. The third-order valence-corrected chi connectivity index (χ3v) is 5.66. The SMILES string of the molecule is CC(C)C(C)(C)c1ccc(C[C]2CCCCCCC2)cc1. The average Bonchev–Trinajstić information content (AvgIpc) is 2.42. The monoisotopic (exact) mass is 285 g/mol. The lowest BCUT2D eigenvalue weighted by molar-refractivity contribution is 0.372. The van der Waals surface area contributed by atoms with E-state index < -0.39 is 0 Å². The van der Waals surface area contributed by atoms with Gasteiger partial charge in [0, 0.05) is 0 Å². The van der Waals surface area contributed by atoms with Crippen LogP contribution in [0.2, 0.25) is 0 Å². The second-order valence-electron chi connectivity index (χ2n) is 7.77. The summed E-state index contributed by atoms with van der Waals surface area (Å²) in [4.78, 5) is 0. The van der Waals surface area contributed by atoms with Crippen molar-refractivity contribution in [3.05, 3.63) is 41.3 Å². The molecule has 1 radical (unpaired) electrons. The van der Waals surface area contributed by atoms with Gasteiger partial charge in [0.1, 0.15) is 0 Å². The summed E-state index contributed by atoms with van der Waals surface area (Å²) in [5.74, 6) is 2.45. The molecule has 0 aromatic heterocycles. The Morgan fingerprint density at radius 2 is 1.38 bits per heavy atom. The summed E-state index contributed by atoms with van der Waals surface area (Å²) in [5, 5.41) is 0. The molecule has 0 heteroatoms. The van der Waals surface area contributed by atoms with E-state index in [1.165, 1.54) is 62.5 Å². The van der Waals surface area contributed by atoms with Gasteiger partial charge in [-0.1, -0.05) is 84.1 Å². The van der Waals surface area contributed by atoms with Crippen LogP contribution in [0.25, 0.3) is 0 Å². The molecule has 0 heterocycles. The van der Waals surface area contributed by atoms with Crippen LogP contribution in [0.1, 0.15) is 83.8 Å². The van der Waals surface area contributed by atoms with Crippen molar-refractivity contribution in [3.8, 4) is 0 Å². The molecule has 0 nitrogen and oxygen atoms in total. The zero-order chi connectivity index (χ0) is 15.3. The van der Waals surface area contributed by atoms with Crippen LogP contribution in [-0.4, -0.2) is 0 Å². The normalized spacial score (nSPS) is 18.5. The zero-order valence-electron chi connectivity index (χ0n) is 14.5. The Hall–Kier alpha value is -0.780. The quantitative estimate of drug-likeness (QED) is 0.593. The van der Waals surface area contributed by atoms with Gasteiger partial charge < -0.3 is 0 Å². The van der Waals surface area contributed by atoms with E-state index >= 15 is 0 Å². The topological polar surface area (TPSA) is 0 Å². The molecule has 0 aliphatic heterocycles. The third kappa shape index (κ3) is 4.59. The molecule has 0 atom stereocenters. The van der Waals surface area contributed by atoms with Crippen LogP contribution in [0.3, 0.4) is 0 Å². The van der Waals surface area contributed by atoms with Crippen LogP contribution in [0.4, 0.5) is 0 Å². The van der Waals surface area contributed by atoms with Crippen LogP contribution in [-0.2, 0) is 11.8 Å². The molecule has 0 amide bonds. The van der Waals surface area contributed by atoms with Gasteiger partial charge in [-0.15, -0.1) is 0 Å². The Morgan fingerprint density at radius 1 is 0.857 bits per heavy atom. The lowest BCUT2D eigenvalue weighted by Crippen LogP contribution is -2.24. The summed E-state index contributed by atoms with van der Waals surface area (Å²) < 4.78 is 0. The number of hydrogen-bond acceptors (Lipinski definition) is 0. The molecule has 1 aliphatic carbocycles. The molecule has 1 fully saturated rings. The van der Waals surface area contributed by atoms with Gasteiger partial charge in [0.25, 0.3) is 0 Å². The summed E-state index contributed by atoms with van der Waals surface area (Å²) in [6, 6.07) is 9.45. The van der Waals surface area contributed by atoms with Crippen molar-refractivity contribution in [1.29, 1.82) is 0 Å². The molecule has 117 valence electrons. The van der Waals surface area contributed by atoms with Gasteiger partial charge in [-0.05, 0) is 47.6 Å². The van der Waals surface area contributed by atoms with Crippen LogP contribution >= 0.6 is 0 Å². The highest BCUT2D eigenvalue weighted by molar-refractivity contribution is 5.30. The largest absolute Gasteiger partial charge is 0.0619 e. The molecule has 2 rings (SSSR count). The van der Waals surface area contributed by atoms with Crippen LogP contribution in [0, 0.1) is 11.8 Å². The Bertz CT molecular complexity index is 402. The highest BCUT2D eigenvalue weighted by atomic mass is 14.3. The summed E-state index contributed by atoms with van der Waals surface area (Å²) in [7, 11) is 0. The van der Waals surface area contributed by atoms with E-state index in [1.807, 2.05) is 0 Å². The second kappa shape index (κ2) is 7.47. The molecule has 1 aromatic rings. The average molecular weight is 285 g/mol. The van der Waals surface area contributed by atoms with Crippen molar-refractivity contribution < 1.29 is 0 Å². The lowest BCUT2D eigenvalue weighted by Gasteiger charge is -2.30. The summed E-state index contributed by atoms with van der Waals surface area (Å²) in [6.07, 6.45) is 11.1. The van der Waals surface area contributed by atoms with Gasteiger partial charge in [-0.3, -0.25) is 0 Å². The minimum atomic E-state index is 0.270. The van der Waals surface area contributed by atoms with Gasteiger partial charge in [-0.2, -0.15) is 0 Å². The number of rotatable bonds is 4. The summed E-state index contributed by atoms with van der Waals surface area (Å²) in [6.45, 7) is 9.35. The second-order valence-corrected chi connectivity index (χ2v) is 7.77. The minimum absolute atomic E-state index is 0.270. The first-order valence-electron chi connectivity index (χ1n) is 8.93. The van der Waals surface area contributed by atoms with Gasteiger partial charge >= 0.3 is 0 Å². The Balaban J connectivity index is 1.98. The molecule has 0 N–H and O–H groups in total. The van der Waals surface area contributed by atoms with Gasteiger partial charge in [0.2, 0.25) is 0 Å². The standard InChI is InChI=1S/C21H33/c1-17(2)21(3,4)20-14-12-19(13-15-20)16-18-10-8-6-5-7-9-11-18/h12-15,17H,5-11,16H2,1-4H3. The molecule has 0 saturated heterocycles. The molecular formula is C21H33. The maximum absolute atomic E-state index is 2.37. The van der Waals surface area contributed by atoms with E-state index in [0.717, 1.165) is 0 Å². The fourth-order valence-corrected chi connectivity index (χ4v) is 3.26. The molecule has 21 heavy (non-hydrogen) atoms. The smallest absolute Gasteiger partial charge is 0.00806 e. The first-order chi connectivity index (χ1) is 10.00. The van der Waals surface area contributed by atoms with Crippen LogP contribution < -0.4 is 0 Å². The molecule has 1 saturated carbocycles. The van der Waals surface area contributed by atoms with Crippen molar-refractivity contribution in [2.45, 2.75) is 84.5 Å². The van der Waals surface area contributed by atoms with Gasteiger partial charge in [-0.25, -0.2) is 0 Å². The van der Waals surface area contributed by atoms with Gasteiger partial charge in [0.15, 0.2) is 0 Å². The van der Waals surface area contributed by atoms with E-state index in [4.69, 9.17) is 0 Å². The fourth-order valence-electron chi connectivity index (χ4n) is 3.26. The van der Waals surface area contributed by atoms with Crippen molar-refractivity contribution in [2.75, 3.05) is 0 Å². The van der Waals surface area contributed by atoms with Crippen molar-refractivity contribution in [2.24, 2.45) is 5.92 Å².